The number of hydrogen-bond donors (Lipinski definition) is 2. The Balaban J connectivity index is 1.62. The number of aromatic hydroxyl groups is 1. The van der Waals surface area contributed by atoms with Gasteiger partial charge in [-0.1, -0.05) is 29.8 Å². The molecule has 0 fully saturated rings. The maximum absolute atomic E-state index is 12.1. The van der Waals surface area contributed by atoms with Crippen LogP contribution >= 0.6 is 11.6 Å². The van der Waals surface area contributed by atoms with Gasteiger partial charge in [0.2, 0.25) is 0 Å². The number of hydrazone groups is 1. The van der Waals surface area contributed by atoms with E-state index in [2.05, 4.69) is 15.6 Å². The van der Waals surface area contributed by atoms with Crippen LogP contribution in [0.15, 0.2) is 59.8 Å². The first-order valence-corrected chi connectivity index (χ1v) is 8.42. The molecule has 1 amide bonds. The van der Waals surface area contributed by atoms with Crippen molar-refractivity contribution < 1.29 is 14.6 Å². The summed E-state index contributed by atoms with van der Waals surface area (Å²) in [5, 5.41) is 18.7. The number of halogens is 1. The molecule has 0 radical (unpaired) electrons. The molecule has 3 aromatic rings. The lowest BCUT2D eigenvalue weighted by Gasteiger charge is -2.04. The van der Waals surface area contributed by atoms with Crippen LogP contribution in [0.5, 0.6) is 11.5 Å². The molecule has 0 atom stereocenters. The highest BCUT2D eigenvalue weighted by atomic mass is 35.5. The third kappa shape index (κ3) is 4.65. The van der Waals surface area contributed by atoms with Crippen LogP contribution in [-0.4, -0.2) is 34.1 Å². The van der Waals surface area contributed by atoms with E-state index in [4.69, 9.17) is 16.3 Å². The van der Waals surface area contributed by atoms with Gasteiger partial charge < -0.3 is 9.84 Å². The van der Waals surface area contributed by atoms with Gasteiger partial charge in [0.1, 0.15) is 0 Å². The highest BCUT2D eigenvalue weighted by molar-refractivity contribution is 6.30. The summed E-state index contributed by atoms with van der Waals surface area (Å²) in [6, 6.07) is 14.0. The lowest BCUT2D eigenvalue weighted by molar-refractivity contribution is 0.0949. The highest BCUT2D eigenvalue weighted by Crippen LogP contribution is 2.27. The molecule has 2 N–H and O–H groups in total. The van der Waals surface area contributed by atoms with E-state index in [0.717, 1.165) is 5.56 Å². The SMILES string of the molecule is COc1cccc(/C=N\NC(=O)c2ccn(Cc3ccc(Cl)cc3)n2)c1O. The van der Waals surface area contributed by atoms with Gasteiger partial charge in [-0.2, -0.15) is 10.2 Å². The number of para-hydroxylation sites is 1. The number of hydrogen-bond acceptors (Lipinski definition) is 5. The number of benzene rings is 2. The minimum atomic E-state index is -0.455. The van der Waals surface area contributed by atoms with Crippen LogP contribution in [0, 0.1) is 0 Å². The predicted octanol–water partition coefficient (Wildman–Crippen LogP) is 3.06. The number of nitrogens with one attached hydrogen (secondary N) is 1. The number of carbonyl (C=O) groups excluding carboxylic acids is 1. The summed E-state index contributed by atoms with van der Waals surface area (Å²) in [4.78, 5) is 12.1. The van der Waals surface area contributed by atoms with Crippen molar-refractivity contribution in [1.29, 1.82) is 0 Å². The minimum absolute atomic E-state index is 0.0507. The van der Waals surface area contributed by atoms with Crippen molar-refractivity contribution in [1.82, 2.24) is 15.2 Å². The Morgan fingerprint density at radius 3 is 2.81 bits per heavy atom. The van der Waals surface area contributed by atoms with Gasteiger partial charge in [0.05, 0.1) is 19.9 Å². The van der Waals surface area contributed by atoms with E-state index in [1.807, 2.05) is 12.1 Å². The molecule has 27 heavy (non-hydrogen) atoms. The first kappa shape index (κ1) is 18.5. The molecule has 3 rings (SSSR count). The molecule has 7 nitrogen and oxygen atoms in total. The molecule has 2 aromatic carbocycles. The third-order valence-electron chi connectivity index (χ3n) is 3.75. The molecular weight excluding hydrogens is 368 g/mol. The van der Waals surface area contributed by atoms with Crippen LogP contribution in [0.4, 0.5) is 0 Å². The van der Waals surface area contributed by atoms with Crippen molar-refractivity contribution in [3.63, 3.8) is 0 Å². The van der Waals surface area contributed by atoms with E-state index in [1.165, 1.54) is 13.3 Å². The molecule has 0 saturated carbocycles. The number of nitrogens with zero attached hydrogens (tertiary/aromatic N) is 3. The molecule has 1 heterocycles. The van der Waals surface area contributed by atoms with E-state index >= 15 is 0 Å². The largest absolute Gasteiger partial charge is 0.504 e. The molecule has 0 aliphatic carbocycles. The summed E-state index contributed by atoms with van der Waals surface area (Å²) < 4.78 is 6.67. The van der Waals surface area contributed by atoms with Crippen LogP contribution in [0.2, 0.25) is 5.02 Å². The molecule has 8 heteroatoms. The van der Waals surface area contributed by atoms with Crippen LogP contribution in [0.3, 0.4) is 0 Å². The molecule has 0 aliphatic rings. The zero-order valence-corrected chi connectivity index (χ0v) is 15.2. The molecule has 138 valence electrons. The minimum Gasteiger partial charge on any atom is -0.504 e. The maximum Gasteiger partial charge on any atom is 0.291 e. The summed E-state index contributed by atoms with van der Waals surface area (Å²) >= 11 is 5.87. The van der Waals surface area contributed by atoms with Gasteiger partial charge in [-0.15, -0.1) is 0 Å². The lowest BCUT2D eigenvalue weighted by Crippen LogP contribution is -2.18. The Kier molecular flexibility index (Phi) is 5.73. The standard InChI is InChI=1S/C19H17ClN4O3/c1-27-17-4-2-3-14(18(17)25)11-21-22-19(26)16-9-10-24(23-16)12-13-5-7-15(20)8-6-13/h2-11,25H,12H2,1H3,(H,22,26)/b21-11-. The molecule has 0 spiro atoms. The average Bonchev–Trinajstić information content (AvgIpc) is 3.13. The average molecular weight is 385 g/mol. The number of phenolic OH excluding ortho intramolecular Hbond substituents is 1. The van der Waals surface area contributed by atoms with Crippen molar-refractivity contribution in [3.05, 3.63) is 76.6 Å². The van der Waals surface area contributed by atoms with Crippen LogP contribution in [0.1, 0.15) is 21.6 Å². The third-order valence-corrected chi connectivity index (χ3v) is 4.00. The zero-order chi connectivity index (χ0) is 19.2. The first-order chi connectivity index (χ1) is 13.1. The quantitative estimate of drug-likeness (QED) is 0.505. The Labute approximate surface area is 160 Å². The maximum atomic E-state index is 12.1. The summed E-state index contributed by atoms with van der Waals surface area (Å²) in [6.45, 7) is 0.519. The Hall–Kier alpha value is -3.32. The smallest absolute Gasteiger partial charge is 0.291 e. The van der Waals surface area contributed by atoms with Crippen molar-refractivity contribution in [2.45, 2.75) is 6.54 Å². The Bertz CT molecular complexity index is 967. The molecule has 0 aliphatic heterocycles. The predicted molar refractivity (Wildman–Crippen MR) is 103 cm³/mol. The first-order valence-electron chi connectivity index (χ1n) is 8.04. The Morgan fingerprint density at radius 1 is 1.30 bits per heavy atom. The lowest BCUT2D eigenvalue weighted by atomic mass is 10.2. The fourth-order valence-corrected chi connectivity index (χ4v) is 2.50. The van der Waals surface area contributed by atoms with Crippen LogP contribution in [-0.2, 0) is 6.54 Å². The Morgan fingerprint density at radius 2 is 2.07 bits per heavy atom. The number of carbonyl (C=O) groups is 1. The number of rotatable bonds is 6. The zero-order valence-electron chi connectivity index (χ0n) is 14.5. The van der Waals surface area contributed by atoms with Crippen LogP contribution < -0.4 is 10.2 Å². The molecular formula is C19H17ClN4O3. The van der Waals surface area contributed by atoms with Gasteiger partial charge in [0.25, 0.3) is 5.91 Å². The second-order valence-electron chi connectivity index (χ2n) is 5.62. The van der Waals surface area contributed by atoms with E-state index in [1.54, 1.807) is 47.3 Å². The van der Waals surface area contributed by atoms with Gasteiger partial charge >= 0.3 is 0 Å². The number of methoxy groups -OCH3 is 1. The molecule has 1 aromatic heterocycles. The van der Waals surface area contributed by atoms with Crippen molar-refractivity contribution in [2.24, 2.45) is 5.10 Å². The second kappa shape index (κ2) is 8.37. The van der Waals surface area contributed by atoms with Crippen LogP contribution in [0.25, 0.3) is 0 Å². The monoisotopic (exact) mass is 384 g/mol. The number of ether oxygens (including phenoxy) is 1. The topological polar surface area (TPSA) is 88.7 Å². The van der Waals surface area contributed by atoms with Crippen molar-refractivity contribution in [3.8, 4) is 11.5 Å². The fraction of sp³-hybridized carbons (Fsp3) is 0.105. The second-order valence-corrected chi connectivity index (χ2v) is 6.06. The van der Waals surface area contributed by atoms with E-state index in [-0.39, 0.29) is 11.4 Å². The van der Waals surface area contributed by atoms with Gasteiger partial charge in [-0.3, -0.25) is 9.48 Å². The molecule has 0 bridgehead atoms. The van der Waals surface area contributed by atoms with E-state index < -0.39 is 5.91 Å². The summed E-state index contributed by atoms with van der Waals surface area (Å²) in [6.07, 6.45) is 3.04. The number of phenols is 1. The normalized spacial score (nSPS) is 10.9. The number of amides is 1. The summed E-state index contributed by atoms with van der Waals surface area (Å²) in [5.41, 5.74) is 4.05. The van der Waals surface area contributed by atoms with E-state index in [9.17, 15) is 9.90 Å². The molecule has 0 unspecified atom stereocenters. The van der Waals surface area contributed by atoms with E-state index in [0.29, 0.717) is 22.9 Å². The van der Waals surface area contributed by atoms with Crippen molar-refractivity contribution >= 4 is 23.7 Å². The van der Waals surface area contributed by atoms with Gasteiger partial charge in [0, 0.05) is 16.8 Å². The van der Waals surface area contributed by atoms with Crippen molar-refractivity contribution in [2.75, 3.05) is 7.11 Å². The number of aromatic nitrogens is 2. The summed E-state index contributed by atoms with van der Waals surface area (Å²) in [7, 11) is 1.46. The molecule has 0 saturated heterocycles. The van der Waals surface area contributed by atoms with Gasteiger partial charge in [-0.25, -0.2) is 5.43 Å². The summed E-state index contributed by atoms with van der Waals surface area (Å²) in [5.74, 6) is -0.181. The fourth-order valence-electron chi connectivity index (χ4n) is 2.37. The van der Waals surface area contributed by atoms with Gasteiger partial charge in [-0.05, 0) is 35.9 Å². The highest BCUT2D eigenvalue weighted by Gasteiger charge is 2.09. The van der Waals surface area contributed by atoms with Gasteiger partial charge in [0.15, 0.2) is 17.2 Å².